The molecular formula is C20H25BrN2O2. The molecule has 25 heavy (non-hydrogen) atoms. The third-order valence-corrected chi connectivity index (χ3v) is 5.13. The Morgan fingerprint density at radius 3 is 1.72 bits per heavy atom. The summed E-state index contributed by atoms with van der Waals surface area (Å²) in [5.74, 6) is 1.70. The summed E-state index contributed by atoms with van der Waals surface area (Å²) in [4.78, 5) is 5.01. The summed E-state index contributed by atoms with van der Waals surface area (Å²) in [6.45, 7) is 6.30. The minimum atomic E-state index is 0.850. The fourth-order valence-corrected chi connectivity index (χ4v) is 3.43. The first-order chi connectivity index (χ1) is 12.2. The van der Waals surface area contributed by atoms with E-state index in [1.165, 1.54) is 11.1 Å². The first-order valence-electron chi connectivity index (χ1n) is 8.57. The van der Waals surface area contributed by atoms with Crippen molar-refractivity contribution in [2.75, 3.05) is 40.4 Å². The zero-order chi connectivity index (χ0) is 17.6. The lowest BCUT2D eigenvalue weighted by Gasteiger charge is -2.34. The van der Waals surface area contributed by atoms with Crippen LogP contribution >= 0.6 is 15.9 Å². The Balaban J connectivity index is 1.53. The minimum Gasteiger partial charge on any atom is -0.497 e. The second-order valence-corrected chi connectivity index (χ2v) is 7.32. The van der Waals surface area contributed by atoms with Crippen molar-refractivity contribution in [1.29, 1.82) is 0 Å². The van der Waals surface area contributed by atoms with Gasteiger partial charge in [0.2, 0.25) is 0 Å². The van der Waals surface area contributed by atoms with E-state index in [4.69, 9.17) is 9.47 Å². The van der Waals surface area contributed by atoms with Crippen LogP contribution < -0.4 is 9.47 Å². The quantitative estimate of drug-likeness (QED) is 0.730. The van der Waals surface area contributed by atoms with Crippen molar-refractivity contribution < 1.29 is 9.47 Å². The smallest absolute Gasteiger partial charge is 0.122 e. The lowest BCUT2D eigenvalue weighted by atomic mass is 10.1. The predicted octanol–water partition coefficient (Wildman–Crippen LogP) is 3.78. The maximum atomic E-state index is 5.37. The zero-order valence-corrected chi connectivity index (χ0v) is 16.5. The van der Waals surface area contributed by atoms with E-state index in [-0.39, 0.29) is 0 Å². The van der Waals surface area contributed by atoms with Crippen molar-refractivity contribution in [2.45, 2.75) is 13.1 Å². The Bertz CT molecular complexity index is 660. The SMILES string of the molecule is COc1cc(CN2CCN(Cc3ccc(Br)cc3)CC2)cc(OC)c1. The molecule has 0 unspecified atom stereocenters. The highest BCUT2D eigenvalue weighted by Gasteiger charge is 2.17. The topological polar surface area (TPSA) is 24.9 Å². The van der Waals surface area contributed by atoms with Gasteiger partial charge in [-0.25, -0.2) is 0 Å². The number of ether oxygens (including phenoxy) is 2. The van der Waals surface area contributed by atoms with Gasteiger partial charge < -0.3 is 9.47 Å². The molecule has 2 aromatic rings. The van der Waals surface area contributed by atoms with Crippen LogP contribution in [0.15, 0.2) is 46.9 Å². The molecule has 0 saturated carbocycles. The van der Waals surface area contributed by atoms with E-state index in [9.17, 15) is 0 Å². The second-order valence-electron chi connectivity index (χ2n) is 6.40. The predicted molar refractivity (Wildman–Crippen MR) is 104 cm³/mol. The standard InChI is InChI=1S/C20H25BrN2O2/c1-24-19-11-17(12-20(13-19)25-2)15-23-9-7-22(8-10-23)14-16-3-5-18(21)6-4-16/h3-6,11-13H,7-10,14-15H2,1-2H3. The number of benzene rings is 2. The molecule has 0 aromatic heterocycles. The summed E-state index contributed by atoms with van der Waals surface area (Å²) < 4.78 is 11.9. The minimum absolute atomic E-state index is 0.850. The third-order valence-electron chi connectivity index (χ3n) is 4.60. The van der Waals surface area contributed by atoms with Crippen LogP contribution in [-0.4, -0.2) is 50.2 Å². The average molecular weight is 405 g/mol. The maximum absolute atomic E-state index is 5.37. The number of rotatable bonds is 6. The average Bonchev–Trinajstić information content (AvgIpc) is 2.65. The fourth-order valence-electron chi connectivity index (χ4n) is 3.17. The van der Waals surface area contributed by atoms with Gasteiger partial charge in [0.1, 0.15) is 11.5 Å². The van der Waals surface area contributed by atoms with E-state index in [0.29, 0.717) is 0 Å². The Labute approximate surface area is 158 Å². The number of nitrogens with zero attached hydrogens (tertiary/aromatic N) is 2. The zero-order valence-electron chi connectivity index (χ0n) is 14.9. The molecule has 5 heteroatoms. The van der Waals surface area contributed by atoms with Crippen molar-refractivity contribution in [2.24, 2.45) is 0 Å². The van der Waals surface area contributed by atoms with Crippen molar-refractivity contribution in [3.63, 3.8) is 0 Å². The largest absolute Gasteiger partial charge is 0.497 e. The molecule has 0 atom stereocenters. The van der Waals surface area contributed by atoms with E-state index in [0.717, 1.165) is 55.2 Å². The van der Waals surface area contributed by atoms with E-state index in [1.54, 1.807) is 14.2 Å². The summed E-state index contributed by atoms with van der Waals surface area (Å²) in [6, 6.07) is 14.7. The molecule has 0 radical (unpaired) electrons. The molecule has 3 rings (SSSR count). The molecule has 1 aliphatic heterocycles. The number of piperazine rings is 1. The molecule has 1 fully saturated rings. The molecule has 0 amide bonds. The summed E-state index contributed by atoms with van der Waals surface area (Å²) >= 11 is 3.49. The Hall–Kier alpha value is -1.56. The van der Waals surface area contributed by atoms with Crippen LogP contribution in [0.3, 0.4) is 0 Å². The van der Waals surface area contributed by atoms with Gasteiger partial charge in [-0.3, -0.25) is 9.80 Å². The van der Waals surface area contributed by atoms with Gasteiger partial charge in [-0.1, -0.05) is 28.1 Å². The number of halogens is 1. The molecule has 0 spiro atoms. The molecule has 134 valence electrons. The van der Waals surface area contributed by atoms with Crippen LogP contribution in [-0.2, 0) is 13.1 Å². The number of methoxy groups -OCH3 is 2. The maximum Gasteiger partial charge on any atom is 0.122 e. The highest BCUT2D eigenvalue weighted by Crippen LogP contribution is 2.24. The summed E-state index contributed by atoms with van der Waals surface area (Å²) in [7, 11) is 3.39. The summed E-state index contributed by atoms with van der Waals surface area (Å²) in [5, 5.41) is 0. The summed E-state index contributed by atoms with van der Waals surface area (Å²) in [5.41, 5.74) is 2.60. The molecule has 0 bridgehead atoms. The van der Waals surface area contributed by atoms with Crippen molar-refractivity contribution >= 4 is 15.9 Å². The van der Waals surface area contributed by atoms with Gasteiger partial charge in [-0.15, -0.1) is 0 Å². The Kier molecular flexibility index (Phi) is 6.34. The van der Waals surface area contributed by atoms with Crippen LogP contribution in [0.25, 0.3) is 0 Å². The number of hydrogen-bond acceptors (Lipinski definition) is 4. The van der Waals surface area contributed by atoms with Crippen molar-refractivity contribution in [1.82, 2.24) is 9.80 Å². The van der Waals surface area contributed by atoms with Gasteiger partial charge in [0.15, 0.2) is 0 Å². The number of hydrogen-bond donors (Lipinski definition) is 0. The van der Waals surface area contributed by atoms with E-state index < -0.39 is 0 Å². The summed E-state index contributed by atoms with van der Waals surface area (Å²) in [6.07, 6.45) is 0. The Morgan fingerprint density at radius 1 is 0.760 bits per heavy atom. The highest BCUT2D eigenvalue weighted by atomic mass is 79.9. The van der Waals surface area contributed by atoms with E-state index in [2.05, 4.69) is 62.1 Å². The fraction of sp³-hybridized carbons (Fsp3) is 0.400. The van der Waals surface area contributed by atoms with Gasteiger partial charge in [-0.2, -0.15) is 0 Å². The van der Waals surface area contributed by atoms with Crippen LogP contribution in [0.2, 0.25) is 0 Å². The van der Waals surface area contributed by atoms with Crippen LogP contribution in [0, 0.1) is 0 Å². The van der Waals surface area contributed by atoms with Crippen molar-refractivity contribution in [3.8, 4) is 11.5 Å². The van der Waals surface area contributed by atoms with E-state index in [1.807, 2.05) is 6.07 Å². The lowest BCUT2D eigenvalue weighted by Crippen LogP contribution is -2.45. The van der Waals surface area contributed by atoms with Crippen LogP contribution in [0.1, 0.15) is 11.1 Å². The Morgan fingerprint density at radius 2 is 1.24 bits per heavy atom. The van der Waals surface area contributed by atoms with Crippen LogP contribution in [0.5, 0.6) is 11.5 Å². The first-order valence-corrected chi connectivity index (χ1v) is 9.36. The molecule has 2 aromatic carbocycles. The molecule has 4 nitrogen and oxygen atoms in total. The molecule has 0 N–H and O–H groups in total. The van der Waals surface area contributed by atoms with E-state index >= 15 is 0 Å². The highest BCUT2D eigenvalue weighted by molar-refractivity contribution is 9.10. The van der Waals surface area contributed by atoms with Crippen molar-refractivity contribution in [3.05, 3.63) is 58.1 Å². The molecule has 0 aliphatic carbocycles. The lowest BCUT2D eigenvalue weighted by molar-refractivity contribution is 0.122. The van der Waals surface area contributed by atoms with Gasteiger partial charge in [0.25, 0.3) is 0 Å². The third kappa shape index (κ3) is 5.21. The molecular weight excluding hydrogens is 380 g/mol. The molecule has 1 heterocycles. The molecule has 1 saturated heterocycles. The van der Waals surface area contributed by atoms with Crippen LogP contribution in [0.4, 0.5) is 0 Å². The van der Waals surface area contributed by atoms with Gasteiger partial charge in [-0.05, 0) is 35.4 Å². The normalized spacial score (nSPS) is 16.0. The van der Waals surface area contributed by atoms with Gasteiger partial charge in [0, 0.05) is 49.8 Å². The first kappa shape index (κ1) is 18.2. The van der Waals surface area contributed by atoms with Gasteiger partial charge in [0.05, 0.1) is 14.2 Å². The monoisotopic (exact) mass is 404 g/mol. The molecule has 1 aliphatic rings. The second kappa shape index (κ2) is 8.70. The van der Waals surface area contributed by atoms with Gasteiger partial charge >= 0.3 is 0 Å².